The Bertz CT molecular complexity index is 571. The van der Waals surface area contributed by atoms with Crippen molar-refractivity contribution in [1.82, 2.24) is 9.97 Å². The van der Waals surface area contributed by atoms with Gasteiger partial charge in [-0.3, -0.25) is 0 Å². The van der Waals surface area contributed by atoms with Gasteiger partial charge in [0.15, 0.2) is 0 Å². The molecule has 2 N–H and O–H groups in total. The molecule has 0 radical (unpaired) electrons. The summed E-state index contributed by atoms with van der Waals surface area (Å²) in [4.78, 5) is 10.8. The smallest absolute Gasteiger partial charge is 0.116 e. The maximum absolute atomic E-state index is 6.33. The van der Waals surface area contributed by atoms with Crippen molar-refractivity contribution in [3.05, 3.63) is 31.7 Å². The van der Waals surface area contributed by atoms with Crippen molar-refractivity contribution in [3.63, 3.8) is 0 Å². The zero-order valence-electron chi connectivity index (χ0n) is 11.6. The predicted octanol–water partition coefficient (Wildman–Crippen LogP) is 3.43. The highest BCUT2D eigenvalue weighted by atomic mass is 32.1. The third kappa shape index (κ3) is 2.47. The largest absolute Gasteiger partial charge is 0.317 e. The van der Waals surface area contributed by atoms with Gasteiger partial charge in [0.1, 0.15) is 11.0 Å². The number of rotatable bonds is 2. The molecular weight excluding hydrogens is 274 g/mol. The van der Waals surface area contributed by atoms with E-state index in [1.54, 1.807) is 22.7 Å². The monoisotopic (exact) mass is 293 g/mol. The van der Waals surface area contributed by atoms with Crippen molar-refractivity contribution in [2.75, 3.05) is 0 Å². The van der Waals surface area contributed by atoms with Crippen LogP contribution in [0.1, 0.15) is 59.5 Å². The summed E-state index contributed by atoms with van der Waals surface area (Å²) in [5, 5.41) is 4.25. The molecule has 0 aromatic carbocycles. The molecule has 5 heteroatoms. The van der Waals surface area contributed by atoms with Gasteiger partial charge in [-0.2, -0.15) is 0 Å². The van der Waals surface area contributed by atoms with Gasteiger partial charge in [0.2, 0.25) is 0 Å². The molecule has 1 unspecified atom stereocenters. The Balaban J connectivity index is 1.87. The Morgan fingerprint density at radius 1 is 1.26 bits per heavy atom. The number of hydrogen-bond acceptors (Lipinski definition) is 5. The molecule has 2 heterocycles. The number of fused-ring (bicyclic) bond motifs is 1. The molecule has 0 bridgehead atoms. The minimum atomic E-state index is -0.164. The predicted molar refractivity (Wildman–Crippen MR) is 81.0 cm³/mol. The molecule has 102 valence electrons. The average molecular weight is 293 g/mol. The molecule has 0 spiro atoms. The van der Waals surface area contributed by atoms with E-state index in [1.165, 1.54) is 23.4 Å². The number of thiazole rings is 2. The van der Waals surface area contributed by atoms with Crippen molar-refractivity contribution in [2.24, 2.45) is 5.73 Å². The highest BCUT2D eigenvalue weighted by Gasteiger charge is 2.24. The Morgan fingerprint density at radius 3 is 2.68 bits per heavy atom. The van der Waals surface area contributed by atoms with Crippen LogP contribution in [0.5, 0.6) is 0 Å². The molecular formula is C14H19N3S2. The maximum atomic E-state index is 6.33. The summed E-state index contributed by atoms with van der Waals surface area (Å²) in [5.41, 5.74) is 8.64. The standard InChI is InChI=1S/C14H19N3S2/c1-14(2,3)13-17-9(7-18-13)11(15)12-16-8-5-4-6-10(8)19-12/h7,11H,4-6,15H2,1-3H3. The van der Waals surface area contributed by atoms with E-state index in [2.05, 4.69) is 26.2 Å². The molecule has 19 heavy (non-hydrogen) atoms. The summed E-state index contributed by atoms with van der Waals surface area (Å²) in [7, 11) is 0. The van der Waals surface area contributed by atoms with E-state index >= 15 is 0 Å². The highest BCUT2D eigenvalue weighted by Crippen LogP contribution is 2.34. The van der Waals surface area contributed by atoms with Crippen LogP contribution in [-0.2, 0) is 18.3 Å². The van der Waals surface area contributed by atoms with E-state index in [1.807, 2.05) is 0 Å². The van der Waals surface area contributed by atoms with Gasteiger partial charge in [0.25, 0.3) is 0 Å². The number of aromatic nitrogens is 2. The number of hydrogen-bond donors (Lipinski definition) is 1. The Hall–Kier alpha value is -0.780. The van der Waals surface area contributed by atoms with Crippen LogP contribution in [0.2, 0.25) is 0 Å². The van der Waals surface area contributed by atoms with E-state index in [4.69, 9.17) is 15.7 Å². The summed E-state index contributed by atoms with van der Waals surface area (Å²) in [6.07, 6.45) is 3.53. The first-order valence-electron chi connectivity index (χ1n) is 6.65. The van der Waals surface area contributed by atoms with E-state index in [-0.39, 0.29) is 11.5 Å². The topological polar surface area (TPSA) is 51.8 Å². The lowest BCUT2D eigenvalue weighted by molar-refractivity contribution is 0.581. The zero-order chi connectivity index (χ0) is 13.6. The van der Waals surface area contributed by atoms with Crippen LogP contribution >= 0.6 is 22.7 Å². The van der Waals surface area contributed by atoms with Gasteiger partial charge < -0.3 is 5.73 Å². The van der Waals surface area contributed by atoms with E-state index in [0.29, 0.717) is 0 Å². The molecule has 2 aromatic rings. The van der Waals surface area contributed by atoms with Crippen molar-refractivity contribution in [1.29, 1.82) is 0 Å². The van der Waals surface area contributed by atoms with Crippen LogP contribution in [-0.4, -0.2) is 9.97 Å². The minimum Gasteiger partial charge on any atom is -0.317 e. The van der Waals surface area contributed by atoms with Crippen LogP contribution in [0.25, 0.3) is 0 Å². The van der Waals surface area contributed by atoms with Crippen LogP contribution in [0.15, 0.2) is 5.38 Å². The van der Waals surface area contributed by atoms with Crippen LogP contribution in [0.4, 0.5) is 0 Å². The molecule has 3 nitrogen and oxygen atoms in total. The minimum absolute atomic E-state index is 0.0905. The lowest BCUT2D eigenvalue weighted by atomic mass is 9.98. The Labute approximate surface area is 121 Å². The molecule has 0 fully saturated rings. The maximum Gasteiger partial charge on any atom is 0.116 e. The zero-order valence-corrected chi connectivity index (χ0v) is 13.2. The molecule has 1 aliphatic rings. The van der Waals surface area contributed by atoms with Gasteiger partial charge in [-0.25, -0.2) is 9.97 Å². The van der Waals surface area contributed by atoms with Crippen molar-refractivity contribution in [3.8, 4) is 0 Å². The van der Waals surface area contributed by atoms with E-state index < -0.39 is 0 Å². The second kappa shape index (κ2) is 4.65. The lowest BCUT2D eigenvalue weighted by Crippen LogP contribution is -2.15. The molecule has 2 aromatic heterocycles. The molecule has 1 atom stereocenters. The van der Waals surface area contributed by atoms with Gasteiger partial charge >= 0.3 is 0 Å². The van der Waals surface area contributed by atoms with Crippen LogP contribution in [0, 0.1) is 0 Å². The quantitative estimate of drug-likeness (QED) is 0.923. The average Bonchev–Trinajstić information content (AvgIpc) is 3.01. The van der Waals surface area contributed by atoms with Gasteiger partial charge in [-0.1, -0.05) is 20.8 Å². The van der Waals surface area contributed by atoms with Crippen molar-refractivity contribution >= 4 is 22.7 Å². The summed E-state index contributed by atoms with van der Waals surface area (Å²) in [5.74, 6) is 0. The Kier molecular flexibility index (Phi) is 3.23. The van der Waals surface area contributed by atoms with E-state index in [0.717, 1.165) is 22.1 Å². The number of aryl methyl sites for hydroxylation is 2. The first-order valence-corrected chi connectivity index (χ1v) is 8.35. The molecule has 0 saturated heterocycles. The second-order valence-electron chi connectivity index (χ2n) is 6.08. The summed E-state index contributed by atoms with van der Waals surface area (Å²) in [6.45, 7) is 6.54. The summed E-state index contributed by atoms with van der Waals surface area (Å²) in [6, 6.07) is -0.164. The fraction of sp³-hybridized carbons (Fsp3) is 0.571. The van der Waals surface area contributed by atoms with Gasteiger partial charge in [0.05, 0.1) is 16.4 Å². The summed E-state index contributed by atoms with van der Waals surface area (Å²) < 4.78 is 0. The molecule has 0 saturated carbocycles. The highest BCUT2D eigenvalue weighted by molar-refractivity contribution is 7.12. The van der Waals surface area contributed by atoms with Crippen LogP contribution in [0.3, 0.4) is 0 Å². The lowest BCUT2D eigenvalue weighted by Gasteiger charge is -2.14. The first-order chi connectivity index (χ1) is 8.95. The van der Waals surface area contributed by atoms with Gasteiger partial charge in [-0.05, 0) is 19.3 Å². The van der Waals surface area contributed by atoms with E-state index in [9.17, 15) is 0 Å². The summed E-state index contributed by atoms with van der Waals surface area (Å²) >= 11 is 3.47. The van der Waals surface area contributed by atoms with Gasteiger partial charge in [0, 0.05) is 15.7 Å². The SMILES string of the molecule is CC(C)(C)c1nc(C(N)c2nc3c(s2)CCC3)cs1. The van der Waals surface area contributed by atoms with Gasteiger partial charge in [-0.15, -0.1) is 22.7 Å². The first kappa shape index (κ1) is 13.2. The third-order valence-corrected chi connectivity index (χ3v) is 5.89. The fourth-order valence-corrected chi connectivity index (χ4v) is 4.35. The van der Waals surface area contributed by atoms with Crippen molar-refractivity contribution < 1.29 is 0 Å². The number of nitrogens with two attached hydrogens (primary N) is 1. The fourth-order valence-electron chi connectivity index (χ4n) is 2.24. The van der Waals surface area contributed by atoms with Crippen molar-refractivity contribution in [2.45, 2.75) is 51.5 Å². The number of nitrogens with zero attached hydrogens (tertiary/aromatic N) is 2. The molecule has 0 amide bonds. The molecule has 0 aliphatic heterocycles. The van der Waals surface area contributed by atoms with Crippen LogP contribution < -0.4 is 5.73 Å². The third-order valence-electron chi connectivity index (χ3n) is 3.36. The normalized spacial score (nSPS) is 16.6. The Morgan fingerprint density at radius 2 is 2.05 bits per heavy atom. The molecule has 1 aliphatic carbocycles. The second-order valence-corrected chi connectivity index (χ2v) is 8.05. The molecule has 3 rings (SSSR count).